The number of pyridine rings is 1. The quantitative estimate of drug-likeness (QED) is 0.812. The number of nitrogens with one attached hydrogen (secondary N) is 1. The van der Waals surface area contributed by atoms with Crippen molar-refractivity contribution in [3.05, 3.63) is 29.6 Å². The Hall–Kier alpha value is -1.42. The first kappa shape index (κ1) is 13.6. The highest BCUT2D eigenvalue weighted by Crippen LogP contribution is 2.02. The molecule has 94 valence electrons. The zero-order chi connectivity index (χ0) is 12.8. The Kier molecular flexibility index (Phi) is 5.10. The number of carbonyl (C=O) groups excluding carboxylic acids is 1. The van der Waals surface area contributed by atoms with Crippen LogP contribution in [0.5, 0.6) is 0 Å². The second-order valence-electron chi connectivity index (χ2n) is 4.79. The number of hydrogen-bond donors (Lipinski definition) is 2. The van der Waals surface area contributed by atoms with E-state index in [2.05, 4.69) is 24.1 Å². The molecule has 0 aliphatic carbocycles. The molecule has 0 fully saturated rings. The smallest absolute Gasteiger partial charge is 0.252 e. The van der Waals surface area contributed by atoms with Gasteiger partial charge in [0.25, 0.3) is 5.91 Å². The van der Waals surface area contributed by atoms with Crippen LogP contribution < -0.4 is 11.1 Å². The summed E-state index contributed by atoms with van der Waals surface area (Å²) >= 11 is 0. The van der Waals surface area contributed by atoms with Crippen LogP contribution in [0.4, 0.5) is 0 Å². The van der Waals surface area contributed by atoms with E-state index in [0.717, 1.165) is 12.1 Å². The van der Waals surface area contributed by atoms with Crippen molar-refractivity contribution in [3.63, 3.8) is 0 Å². The van der Waals surface area contributed by atoms with E-state index in [1.165, 1.54) is 0 Å². The van der Waals surface area contributed by atoms with Gasteiger partial charge in [0.05, 0.1) is 5.56 Å². The van der Waals surface area contributed by atoms with Gasteiger partial charge in [0.15, 0.2) is 0 Å². The van der Waals surface area contributed by atoms with Gasteiger partial charge in [0, 0.05) is 24.5 Å². The highest BCUT2D eigenvalue weighted by atomic mass is 16.1. The van der Waals surface area contributed by atoms with Crippen LogP contribution in [0, 0.1) is 12.8 Å². The van der Waals surface area contributed by atoms with Gasteiger partial charge in [-0.05, 0) is 31.4 Å². The van der Waals surface area contributed by atoms with Crippen molar-refractivity contribution in [2.24, 2.45) is 11.7 Å². The van der Waals surface area contributed by atoms with Gasteiger partial charge in [-0.3, -0.25) is 9.78 Å². The Balaban J connectivity index is 2.42. The summed E-state index contributed by atoms with van der Waals surface area (Å²) in [7, 11) is 0. The van der Waals surface area contributed by atoms with Gasteiger partial charge < -0.3 is 11.1 Å². The maximum Gasteiger partial charge on any atom is 0.252 e. The summed E-state index contributed by atoms with van der Waals surface area (Å²) in [4.78, 5) is 15.8. The van der Waals surface area contributed by atoms with Crippen LogP contribution in [0.25, 0.3) is 0 Å². The van der Waals surface area contributed by atoms with E-state index in [1.807, 2.05) is 13.0 Å². The van der Waals surface area contributed by atoms with E-state index >= 15 is 0 Å². The zero-order valence-electron chi connectivity index (χ0n) is 10.7. The molecule has 0 radical (unpaired) electrons. The van der Waals surface area contributed by atoms with E-state index in [-0.39, 0.29) is 11.9 Å². The molecule has 17 heavy (non-hydrogen) atoms. The number of aryl methyl sites for hydroxylation is 1. The van der Waals surface area contributed by atoms with Crippen LogP contribution in [0.3, 0.4) is 0 Å². The molecule has 1 rings (SSSR count). The average molecular weight is 235 g/mol. The van der Waals surface area contributed by atoms with Gasteiger partial charge in [-0.15, -0.1) is 0 Å². The van der Waals surface area contributed by atoms with Crippen LogP contribution in [0.2, 0.25) is 0 Å². The third-order valence-electron chi connectivity index (χ3n) is 2.47. The van der Waals surface area contributed by atoms with Crippen LogP contribution in [0.15, 0.2) is 18.3 Å². The molecule has 0 aliphatic rings. The predicted molar refractivity (Wildman–Crippen MR) is 68.7 cm³/mol. The van der Waals surface area contributed by atoms with Gasteiger partial charge in [-0.1, -0.05) is 13.8 Å². The van der Waals surface area contributed by atoms with Gasteiger partial charge in [0.1, 0.15) is 0 Å². The van der Waals surface area contributed by atoms with E-state index in [0.29, 0.717) is 18.0 Å². The first-order valence-electron chi connectivity index (χ1n) is 5.95. The summed E-state index contributed by atoms with van der Waals surface area (Å²) in [6, 6.07) is 3.60. The maximum absolute atomic E-state index is 11.7. The molecule has 1 amide bonds. The number of nitrogens with zero attached hydrogens (tertiary/aromatic N) is 1. The Labute approximate surface area is 103 Å². The molecule has 1 unspecified atom stereocenters. The molecular formula is C13H21N3O. The molecule has 1 aromatic heterocycles. The summed E-state index contributed by atoms with van der Waals surface area (Å²) in [6.45, 7) is 6.63. The van der Waals surface area contributed by atoms with Gasteiger partial charge in [-0.25, -0.2) is 0 Å². The van der Waals surface area contributed by atoms with Gasteiger partial charge >= 0.3 is 0 Å². The Morgan fingerprint density at radius 2 is 2.18 bits per heavy atom. The lowest BCUT2D eigenvalue weighted by Crippen LogP contribution is -2.38. The fraction of sp³-hybridized carbons (Fsp3) is 0.538. The molecular weight excluding hydrogens is 214 g/mol. The molecule has 1 atom stereocenters. The maximum atomic E-state index is 11.7. The van der Waals surface area contributed by atoms with E-state index in [4.69, 9.17) is 5.73 Å². The summed E-state index contributed by atoms with van der Waals surface area (Å²) in [5, 5.41) is 2.82. The molecule has 1 aromatic rings. The van der Waals surface area contributed by atoms with Crippen LogP contribution >= 0.6 is 0 Å². The number of carbonyl (C=O) groups is 1. The standard InChI is InChI=1S/C13H21N3O/c1-9(2)6-12(14)8-16-13(17)11-5-4-10(3)15-7-11/h4-5,7,9,12H,6,8,14H2,1-3H3,(H,16,17). The van der Waals surface area contributed by atoms with Crippen molar-refractivity contribution in [1.29, 1.82) is 0 Å². The average Bonchev–Trinajstić information content (AvgIpc) is 2.26. The lowest BCUT2D eigenvalue weighted by Gasteiger charge is -2.14. The number of nitrogens with two attached hydrogens (primary N) is 1. The van der Waals surface area contributed by atoms with E-state index < -0.39 is 0 Å². The van der Waals surface area contributed by atoms with Crippen LogP contribution in [0.1, 0.15) is 36.3 Å². The fourth-order valence-corrected chi connectivity index (χ4v) is 1.62. The van der Waals surface area contributed by atoms with Crippen LogP contribution in [-0.4, -0.2) is 23.5 Å². The number of amides is 1. The largest absolute Gasteiger partial charge is 0.350 e. The molecule has 0 saturated carbocycles. The Bertz CT molecular complexity index is 359. The summed E-state index contributed by atoms with van der Waals surface area (Å²) in [6.07, 6.45) is 2.49. The number of hydrogen-bond acceptors (Lipinski definition) is 3. The lowest BCUT2D eigenvalue weighted by molar-refractivity contribution is 0.0949. The molecule has 4 heteroatoms. The second kappa shape index (κ2) is 6.35. The molecule has 4 nitrogen and oxygen atoms in total. The zero-order valence-corrected chi connectivity index (χ0v) is 10.7. The molecule has 0 aliphatic heterocycles. The highest BCUT2D eigenvalue weighted by molar-refractivity contribution is 5.93. The SMILES string of the molecule is Cc1ccc(C(=O)NCC(N)CC(C)C)cn1. The number of aromatic nitrogens is 1. The number of rotatable bonds is 5. The van der Waals surface area contributed by atoms with E-state index in [1.54, 1.807) is 12.3 Å². The second-order valence-corrected chi connectivity index (χ2v) is 4.79. The highest BCUT2D eigenvalue weighted by Gasteiger charge is 2.09. The Morgan fingerprint density at radius 3 is 2.71 bits per heavy atom. The van der Waals surface area contributed by atoms with Gasteiger partial charge in [0.2, 0.25) is 0 Å². The minimum absolute atomic E-state index is 0.0114. The minimum Gasteiger partial charge on any atom is -0.350 e. The molecule has 1 heterocycles. The van der Waals surface area contributed by atoms with Crippen molar-refractivity contribution >= 4 is 5.91 Å². The van der Waals surface area contributed by atoms with Crippen molar-refractivity contribution < 1.29 is 4.79 Å². The van der Waals surface area contributed by atoms with Gasteiger partial charge in [-0.2, -0.15) is 0 Å². The summed E-state index contributed by atoms with van der Waals surface area (Å²) in [5.41, 5.74) is 7.37. The lowest BCUT2D eigenvalue weighted by atomic mass is 10.0. The van der Waals surface area contributed by atoms with Crippen molar-refractivity contribution in [3.8, 4) is 0 Å². The molecule has 0 bridgehead atoms. The normalized spacial score (nSPS) is 12.5. The van der Waals surface area contributed by atoms with Crippen molar-refractivity contribution in [1.82, 2.24) is 10.3 Å². The molecule has 0 aromatic carbocycles. The fourth-order valence-electron chi connectivity index (χ4n) is 1.62. The van der Waals surface area contributed by atoms with E-state index in [9.17, 15) is 4.79 Å². The topological polar surface area (TPSA) is 68.0 Å². The molecule has 0 saturated heterocycles. The van der Waals surface area contributed by atoms with Crippen LogP contribution in [-0.2, 0) is 0 Å². The monoisotopic (exact) mass is 235 g/mol. The minimum atomic E-state index is -0.114. The summed E-state index contributed by atoms with van der Waals surface area (Å²) in [5.74, 6) is 0.430. The molecule has 3 N–H and O–H groups in total. The molecule has 0 spiro atoms. The van der Waals surface area contributed by atoms with Crippen molar-refractivity contribution in [2.75, 3.05) is 6.54 Å². The first-order valence-corrected chi connectivity index (χ1v) is 5.95. The van der Waals surface area contributed by atoms with Crippen molar-refractivity contribution in [2.45, 2.75) is 33.2 Å². The first-order chi connectivity index (χ1) is 7.99. The third-order valence-corrected chi connectivity index (χ3v) is 2.47. The predicted octanol–water partition coefficient (Wildman–Crippen LogP) is 1.49. The Morgan fingerprint density at radius 1 is 1.47 bits per heavy atom. The third kappa shape index (κ3) is 4.95. The summed E-state index contributed by atoms with van der Waals surface area (Å²) < 4.78 is 0.